The molecule has 2 atom stereocenters. The summed E-state index contributed by atoms with van der Waals surface area (Å²) in [5.41, 5.74) is 1.34. The minimum atomic E-state index is -0.0727. The first kappa shape index (κ1) is 11.1. The van der Waals surface area contributed by atoms with Gasteiger partial charge in [0.2, 0.25) is 0 Å². The van der Waals surface area contributed by atoms with Gasteiger partial charge in [0.1, 0.15) is 0 Å². The van der Waals surface area contributed by atoms with E-state index in [1.54, 1.807) is 0 Å². The molecule has 0 unspecified atom stereocenters. The Hall–Kier alpha value is -1.35. The molecule has 1 aliphatic rings. The molecule has 1 aromatic carbocycles. The lowest BCUT2D eigenvalue weighted by Crippen LogP contribution is -2.40. The molecule has 0 amide bonds. The van der Waals surface area contributed by atoms with E-state index in [2.05, 4.69) is 29.2 Å². The molecule has 0 bridgehead atoms. The van der Waals surface area contributed by atoms with Gasteiger partial charge in [0, 0.05) is 13.0 Å². The van der Waals surface area contributed by atoms with Crippen LogP contribution in [0.2, 0.25) is 0 Å². The topological polar surface area (TPSA) is 29.5 Å². The van der Waals surface area contributed by atoms with Crippen LogP contribution in [0, 0.1) is 0 Å². The Bertz CT molecular complexity index is 339. The minimum Gasteiger partial charge on any atom is -0.449 e. The van der Waals surface area contributed by atoms with Crippen LogP contribution in [0.5, 0.6) is 0 Å². The summed E-state index contributed by atoms with van der Waals surface area (Å²) >= 11 is 0. The van der Waals surface area contributed by atoms with E-state index < -0.39 is 0 Å². The minimum absolute atomic E-state index is 0.0727. The number of hydrogen-bond donors (Lipinski definition) is 0. The molecule has 0 aromatic heterocycles. The van der Waals surface area contributed by atoms with Crippen LogP contribution >= 0.6 is 0 Å². The van der Waals surface area contributed by atoms with Gasteiger partial charge in [-0.2, -0.15) is 0 Å². The molecule has 2 rings (SSSR count). The predicted molar refractivity (Wildman–Crippen MR) is 62.0 cm³/mol. The fourth-order valence-corrected chi connectivity index (χ4v) is 2.30. The first-order valence-corrected chi connectivity index (χ1v) is 5.65. The number of benzene rings is 1. The fraction of sp³-hybridized carbons (Fsp3) is 0.462. The van der Waals surface area contributed by atoms with Crippen molar-refractivity contribution in [3.05, 3.63) is 35.9 Å². The molecule has 16 heavy (non-hydrogen) atoms. The standard InChI is InChI=1S/C13H17NO2/c1-14-8-7-12(9-13(14)16-10-15)11-5-3-2-4-6-11/h2-6,10,12-13H,7-9H2,1H3/t12-,13-/m0/s1. The molecule has 1 fully saturated rings. The van der Waals surface area contributed by atoms with Crippen molar-refractivity contribution in [1.82, 2.24) is 4.90 Å². The molecule has 0 spiro atoms. The highest BCUT2D eigenvalue weighted by Crippen LogP contribution is 2.30. The van der Waals surface area contributed by atoms with Gasteiger partial charge in [0.15, 0.2) is 6.23 Å². The maximum atomic E-state index is 10.4. The Morgan fingerprint density at radius 2 is 2.12 bits per heavy atom. The van der Waals surface area contributed by atoms with E-state index in [0.29, 0.717) is 12.4 Å². The van der Waals surface area contributed by atoms with Crippen molar-refractivity contribution in [2.75, 3.05) is 13.6 Å². The predicted octanol–water partition coefficient (Wildman–Crippen LogP) is 1.99. The van der Waals surface area contributed by atoms with Crippen molar-refractivity contribution >= 4 is 6.47 Å². The molecule has 3 heteroatoms. The van der Waals surface area contributed by atoms with Crippen molar-refractivity contribution in [2.24, 2.45) is 0 Å². The first-order valence-electron chi connectivity index (χ1n) is 5.65. The highest BCUT2D eigenvalue weighted by atomic mass is 16.5. The molecule has 86 valence electrons. The summed E-state index contributed by atoms with van der Waals surface area (Å²) in [6, 6.07) is 10.4. The zero-order valence-electron chi connectivity index (χ0n) is 9.50. The summed E-state index contributed by atoms with van der Waals surface area (Å²) in [6.45, 7) is 1.52. The third-order valence-electron chi connectivity index (χ3n) is 3.29. The molecule has 0 aliphatic carbocycles. The van der Waals surface area contributed by atoms with Crippen LogP contribution in [0.3, 0.4) is 0 Å². The molecule has 1 heterocycles. The second-order valence-corrected chi connectivity index (χ2v) is 4.30. The molecular formula is C13H17NO2. The molecule has 1 saturated heterocycles. The van der Waals surface area contributed by atoms with Gasteiger partial charge in [-0.3, -0.25) is 9.69 Å². The highest BCUT2D eigenvalue weighted by molar-refractivity contribution is 5.37. The van der Waals surface area contributed by atoms with Gasteiger partial charge >= 0.3 is 0 Å². The van der Waals surface area contributed by atoms with Gasteiger partial charge in [-0.25, -0.2) is 0 Å². The van der Waals surface area contributed by atoms with Gasteiger partial charge in [-0.1, -0.05) is 30.3 Å². The SMILES string of the molecule is CN1CC[C@H](c2ccccc2)C[C@@H]1OC=O. The van der Waals surface area contributed by atoms with E-state index in [0.717, 1.165) is 19.4 Å². The third-order valence-corrected chi connectivity index (χ3v) is 3.29. The van der Waals surface area contributed by atoms with Gasteiger partial charge in [-0.05, 0) is 24.9 Å². The maximum Gasteiger partial charge on any atom is 0.294 e. The smallest absolute Gasteiger partial charge is 0.294 e. The summed E-state index contributed by atoms with van der Waals surface area (Å²) < 4.78 is 5.09. The number of carbonyl (C=O) groups excluding carboxylic acids is 1. The van der Waals surface area contributed by atoms with Crippen molar-refractivity contribution in [3.63, 3.8) is 0 Å². The van der Waals surface area contributed by atoms with Crippen LogP contribution in [-0.4, -0.2) is 31.2 Å². The zero-order valence-corrected chi connectivity index (χ0v) is 9.50. The number of carbonyl (C=O) groups is 1. The summed E-state index contributed by atoms with van der Waals surface area (Å²) in [4.78, 5) is 12.5. The molecule has 0 radical (unpaired) electrons. The van der Waals surface area contributed by atoms with Crippen molar-refractivity contribution in [3.8, 4) is 0 Å². The molecule has 1 aromatic rings. The van der Waals surface area contributed by atoms with Gasteiger partial charge in [-0.15, -0.1) is 0 Å². The summed E-state index contributed by atoms with van der Waals surface area (Å²) in [5, 5.41) is 0. The molecular weight excluding hydrogens is 202 g/mol. The second-order valence-electron chi connectivity index (χ2n) is 4.30. The summed E-state index contributed by atoms with van der Waals surface area (Å²) in [7, 11) is 2.00. The van der Waals surface area contributed by atoms with Crippen molar-refractivity contribution in [2.45, 2.75) is 25.0 Å². The Kier molecular flexibility index (Phi) is 3.57. The van der Waals surface area contributed by atoms with Crippen LogP contribution in [-0.2, 0) is 9.53 Å². The van der Waals surface area contributed by atoms with Crippen LogP contribution in [0.25, 0.3) is 0 Å². The van der Waals surface area contributed by atoms with E-state index >= 15 is 0 Å². The Labute approximate surface area is 96.0 Å². The lowest BCUT2D eigenvalue weighted by atomic mass is 9.89. The Balaban J connectivity index is 2.05. The largest absolute Gasteiger partial charge is 0.449 e. The Morgan fingerprint density at radius 3 is 2.81 bits per heavy atom. The second kappa shape index (κ2) is 5.12. The van der Waals surface area contributed by atoms with Gasteiger partial charge in [0.25, 0.3) is 6.47 Å². The van der Waals surface area contributed by atoms with E-state index in [1.165, 1.54) is 5.56 Å². The summed E-state index contributed by atoms with van der Waals surface area (Å²) in [6.07, 6.45) is 1.94. The fourth-order valence-electron chi connectivity index (χ4n) is 2.30. The quantitative estimate of drug-likeness (QED) is 0.728. The molecule has 1 aliphatic heterocycles. The molecule has 3 nitrogen and oxygen atoms in total. The van der Waals surface area contributed by atoms with Crippen LogP contribution < -0.4 is 0 Å². The molecule has 0 N–H and O–H groups in total. The van der Waals surface area contributed by atoms with E-state index in [4.69, 9.17) is 4.74 Å². The van der Waals surface area contributed by atoms with Crippen LogP contribution in [0.4, 0.5) is 0 Å². The number of nitrogens with zero attached hydrogens (tertiary/aromatic N) is 1. The normalized spacial score (nSPS) is 26.3. The van der Waals surface area contributed by atoms with E-state index in [9.17, 15) is 4.79 Å². The summed E-state index contributed by atoms with van der Waals surface area (Å²) in [5.74, 6) is 0.502. The average molecular weight is 219 g/mol. The highest BCUT2D eigenvalue weighted by Gasteiger charge is 2.27. The number of likely N-dealkylation sites (tertiary alicyclic amines) is 1. The average Bonchev–Trinajstić information content (AvgIpc) is 2.33. The van der Waals surface area contributed by atoms with E-state index in [1.807, 2.05) is 13.1 Å². The zero-order chi connectivity index (χ0) is 11.4. The van der Waals surface area contributed by atoms with Crippen molar-refractivity contribution < 1.29 is 9.53 Å². The third kappa shape index (κ3) is 2.42. The monoisotopic (exact) mass is 219 g/mol. The van der Waals surface area contributed by atoms with Gasteiger partial charge < -0.3 is 4.74 Å². The molecule has 0 saturated carbocycles. The number of hydrogen-bond acceptors (Lipinski definition) is 3. The Morgan fingerprint density at radius 1 is 1.38 bits per heavy atom. The lowest BCUT2D eigenvalue weighted by Gasteiger charge is -2.35. The lowest BCUT2D eigenvalue weighted by molar-refractivity contribution is -0.145. The first-order chi connectivity index (χ1) is 7.81. The maximum absolute atomic E-state index is 10.4. The van der Waals surface area contributed by atoms with Gasteiger partial charge in [0.05, 0.1) is 0 Å². The van der Waals surface area contributed by atoms with Crippen LogP contribution in [0.15, 0.2) is 30.3 Å². The number of rotatable bonds is 3. The van der Waals surface area contributed by atoms with Crippen molar-refractivity contribution in [1.29, 1.82) is 0 Å². The van der Waals surface area contributed by atoms with E-state index in [-0.39, 0.29) is 6.23 Å². The number of ether oxygens (including phenoxy) is 1. The number of piperidine rings is 1. The van der Waals surface area contributed by atoms with Crippen LogP contribution in [0.1, 0.15) is 24.3 Å².